The second-order valence-electron chi connectivity index (χ2n) is 5.33. The molecule has 1 aliphatic carbocycles. The third-order valence-corrected chi connectivity index (χ3v) is 4.75. The quantitative estimate of drug-likeness (QED) is 0.876. The zero-order valence-corrected chi connectivity index (χ0v) is 12.8. The van der Waals surface area contributed by atoms with Gasteiger partial charge >= 0.3 is 0 Å². The first kappa shape index (κ1) is 13.9. The van der Waals surface area contributed by atoms with Crippen molar-refractivity contribution in [1.29, 1.82) is 0 Å². The Bertz CT molecular complexity index is 717. The molecule has 1 N–H and O–H groups in total. The average Bonchev–Trinajstić information content (AvgIpc) is 3.22. The number of rotatable bonds is 4. The molecule has 1 aliphatic rings. The molecular formula is C16H16N2O2S. The van der Waals surface area contributed by atoms with Gasteiger partial charge in [0.25, 0.3) is 0 Å². The summed E-state index contributed by atoms with van der Waals surface area (Å²) in [5.74, 6) is 0.307. The van der Waals surface area contributed by atoms with Gasteiger partial charge in [-0.1, -0.05) is 12.1 Å². The normalized spacial score (nSPS) is 14.0. The highest BCUT2D eigenvalue weighted by Gasteiger charge is 2.29. The number of amides is 1. The molecule has 21 heavy (non-hydrogen) atoms. The Kier molecular flexibility index (Phi) is 3.59. The summed E-state index contributed by atoms with van der Waals surface area (Å²) >= 11 is 1.39. The van der Waals surface area contributed by atoms with Crippen molar-refractivity contribution in [2.45, 2.75) is 26.7 Å². The van der Waals surface area contributed by atoms with Crippen LogP contribution in [0.25, 0.3) is 10.6 Å². The van der Waals surface area contributed by atoms with Crippen LogP contribution < -0.4 is 5.32 Å². The molecule has 1 heterocycles. The van der Waals surface area contributed by atoms with Gasteiger partial charge in [-0.05, 0) is 31.9 Å². The van der Waals surface area contributed by atoms with Crippen LogP contribution in [0.3, 0.4) is 0 Å². The summed E-state index contributed by atoms with van der Waals surface area (Å²) in [5, 5.41) is 3.73. The van der Waals surface area contributed by atoms with Crippen molar-refractivity contribution >= 4 is 28.7 Å². The van der Waals surface area contributed by atoms with E-state index in [0.717, 1.165) is 34.8 Å². The minimum atomic E-state index is 0.0365. The van der Waals surface area contributed by atoms with Gasteiger partial charge in [-0.25, -0.2) is 4.98 Å². The molecule has 0 spiro atoms. The van der Waals surface area contributed by atoms with Gasteiger partial charge in [0.1, 0.15) is 5.01 Å². The first-order valence-electron chi connectivity index (χ1n) is 6.94. The summed E-state index contributed by atoms with van der Waals surface area (Å²) < 4.78 is 0. The average molecular weight is 300 g/mol. The molecule has 4 nitrogen and oxygen atoms in total. The van der Waals surface area contributed by atoms with Crippen LogP contribution in [0, 0.1) is 12.8 Å². The van der Waals surface area contributed by atoms with Crippen LogP contribution in [-0.4, -0.2) is 16.7 Å². The van der Waals surface area contributed by atoms with Crippen molar-refractivity contribution in [3.8, 4) is 10.6 Å². The van der Waals surface area contributed by atoms with Crippen molar-refractivity contribution in [3.05, 3.63) is 34.8 Å². The van der Waals surface area contributed by atoms with Crippen LogP contribution >= 0.6 is 11.3 Å². The smallest absolute Gasteiger partial charge is 0.227 e. The van der Waals surface area contributed by atoms with Crippen molar-refractivity contribution in [2.75, 3.05) is 5.32 Å². The van der Waals surface area contributed by atoms with E-state index in [0.29, 0.717) is 4.88 Å². The standard InChI is InChI=1S/C16H16N2O2S/c1-9-14(10(2)19)21-16(17-9)12-4-3-5-13(8-12)18-15(20)11-6-7-11/h3-5,8,11H,6-7H2,1-2H3,(H,18,20). The maximum atomic E-state index is 11.8. The molecule has 3 rings (SSSR count). The summed E-state index contributed by atoms with van der Waals surface area (Å²) in [4.78, 5) is 28.5. The fourth-order valence-corrected chi connectivity index (χ4v) is 3.12. The molecule has 108 valence electrons. The molecule has 0 radical (unpaired) electrons. The molecule has 0 atom stereocenters. The van der Waals surface area contributed by atoms with Crippen molar-refractivity contribution in [2.24, 2.45) is 5.92 Å². The minimum Gasteiger partial charge on any atom is -0.326 e. The SMILES string of the molecule is CC(=O)c1sc(-c2cccc(NC(=O)C3CC3)c2)nc1C. The number of thiazole rings is 1. The molecule has 0 bridgehead atoms. The van der Waals surface area contributed by atoms with E-state index in [1.165, 1.54) is 11.3 Å². The van der Waals surface area contributed by atoms with Crippen LogP contribution in [-0.2, 0) is 4.79 Å². The van der Waals surface area contributed by atoms with Gasteiger partial charge in [0.2, 0.25) is 5.91 Å². The van der Waals surface area contributed by atoms with Gasteiger partial charge in [0.05, 0.1) is 10.6 Å². The maximum Gasteiger partial charge on any atom is 0.227 e. The highest BCUT2D eigenvalue weighted by molar-refractivity contribution is 7.17. The summed E-state index contributed by atoms with van der Waals surface area (Å²) in [6, 6.07) is 7.61. The predicted octanol–water partition coefficient (Wildman–Crippen LogP) is 3.67. The lowest BCUT2D eigenvalue weighted by Gasteiger charge is -2.05. The zero-order chi connectivity index (χ0) is 15.0. The topological polar surface area (TPSA) is 59.1 Å². The monoisotopic (exact) mass is 300 g/mol. The predicted molar refractivity (Wildman–Crippen MR) is 83.6 cm³/mol. The Hall–Kier alpha value is -2.01. The molecule has 0 unspecified atom stereocenters. The van der Waals surface area contributed by atoms with E-state index in [1.54, 1.807) is 6.92 Å². The lowest BCUT2D eigenvalue weighted by molar-refractivity contribution is -0.117. The van der Waals surface area contributed by atoms with E-state index < -0.39 is 0 Å². The number of hydrogen-bond donors (Lipinski definition) is 1. The summed E-state index contributed by atoms with van der Waals surface area (Å²) in [7, 11) is 0. The van der Waals surface area contributed by atoms with Crippen molar-refractivity contribution < 1.29 is 9.59 Å². The summed E-state index contributed by atoms with van der Waals surface area (Å²) in [6.07, 6.45) is 1.97. The van der Waals surface area contributed by atoms with Crippen LogP contribution in [0.4, 0.5) is 5.69 Å². The first-order chi connectivity index (χ1) is 10.0. The number of carbonyl (C=O) groups excluding carboxylic acids is 2. The van der Waals surface area contributed by atoms with E-state index in [2.05, 4.69) is 10.3 Å². The number of benzene rings is 1. The minimum absolute atomic E-state index is 0.0365. The number of Topliss-reactive ketones (excluding diaryl/α,β-unsaturated/α-hetero) is 1. The fourth-order valence-electron chi connectivity index (χ4n) is 2.17. The fraction of sp³-hybridized carbons (Fsp3) is 0.312. The van der Waals surface area contributed by atoms with E-state index in [4.69, 9.17) is 0 Å². The van der Waals surface area contributed by atoms with Gasteiger partial charge < -0.3 is 5.32 Å². The second-order valence-corrected chi connectivity index (χ2v) is 6.33. The Balaban J connectivity index is 1.86. The zero-order valence-electron chi connectivity index (χ0n) is 12.0. The van der Waals surface area contributed by atoms with Gasteiger partial charge in [-0.15, -0.1) is 11.3 Å². The number of aromatic nitrogens is 1. The molecule has 2 aromatic rings. The Morgan fingerprint density at radius 1 is 1.33 bits per heavy atom. The summed E-state index contributed by atoms with van der Waals surface area (Å²) in [6.45, 7) is 3.39. The van der Waals surface area contributed by atoms with E-state index >= 15 is 0 Å². The summed E-state index contributed by atoms with van der Waals surface area (Å²) in [5.41, 5.74) is 2.46. The van der Waals surface area contributed by atoms with Gasteiger partial charge in [-0.3, -0.25) is 9.59 Å². The number of nitrogens with zero attached hydrogens (tertiary/aromatic N) is 1. The van der Waals surface area contributed by atoms with Crippen LogP contribution in [0.1, 0.15) is 35.1 Å². The Morgan fingerprint density at radius 2 is 2.10 bits per heavy atom. The number of nitrogens with one attached hydrogen (secondary N) is 1. The molecule has 1 fully saturated rings. The maximum absolute atomic E-state index is 11.8. The Morgan fingerprint density at radius 3 is 2.71 bits per heavy atom. The second kappa shape index (κ2) is 5.41. The number of anilines is 1. The molecule has 1 aromatic heterocycles. The van der Waals surface area contributed by atoms with Crippen molar-refractivity contribution in [1.82, 2.24) is 4.98 Å². The molecular weight excluding hydrogens is 284 g/mol. The lowest BCUT2D eigenvalue weighted by atomic mass is 10.2. The number of aryl methyl sites for hydroxylation is 1. The third kappa shape index (κ3) is 3.03. The Labute approximate surface area is 127 Å². The van der Waals surface area contributed by atoms with Gasteiger partial charge in [0.15, 0.2) is 5.78 Å². The van der Waals surface area contributed by atoms with E-state index in [1.807, 2.05) is 31.2 Å². The van der Waals surface area contributed by atoms with Gasteiger partial charge in [0, 0.05) is 24.1 Å². The lowest BCUT2D eigenvalue weighted by Crippen LogP contribution is -2.13. The largest absolute Gasteiger partial charge is 0.326 e. The molecule has 1 amide bonds. The third-order valence-electron chi connectivity index (χ3n) is 3.44. The molecule has 1 saturated carbocycles. The molecule has 0 aliphatic heterocycles. The molecule has 5 heteroatoms. The van der Waals surface area contributed by atoms with Crippen molar-refractivity contribution in [3.63, 3.8) is 0 Å². The van der Waals surface area contributed by atoms with E-state index in [-0.39, 0.29) is 17.6 Å². The molecule has 0 saturated heterocycles. The number of hydrogen-bond acceptors (Lipinski definition) is 4. The highest BCUT2D eigenvalue weighted by Crippen LogP contribution is 2.32. The van der Waals surface area contributed by atoms with Crippen LogP contribution in [0.2, 0.25) is 0 Å². The van der Waals surface area contributed by atoms with Gasteiger partial charge in [-0.2, -0.15) is 0 Å². The first-order valence-corrected chi connectivity index (χ1v) is 7.76. The van der Waals surface area contributed by atoms with Crippen LogP contribution in [0.15, 0.2) is 24.3 Å². The highest BCUT2D eigenvalue weighted by atomic mass is 32.1. The van der Waals surface area contributed by atoms with E-state index in [9.17, 15) is 9.59 Å². The number of ketones is 1. The van der Waals surface area contributed by atoms with Crippen LogP contribution in [0.5, 0.6) is 0 Å². The number of carbonyl (C=O) groups is 2. The molecule has 1 aromatic carbocycles.